The zero-order chi connectivity index (χ0) is 19.8. The second-order valence-electron chi connectivity index (χ2n) is 7.03. The van der Waals surface area contributed by atoms with Crippen molar-refractivity contribution in [2.45, 2.75) is 6.42 Å². The first-order valence-corrected chi connectivity index (χ1v) is 9.81. The van der Waals surface area contributed by atoms with Gasteiger partial charge in [-0.15, -0.1) is 0 Å². The van der Waals surface area contributed by atoms with Crippen molar-refractivity contribution in [3.8, 4) is 33.6 Å². The predicted molar refractivity (Wildman–Crippen MR) is 118 cm³/mol. The highest BCUT2D eigenvalue weighted by atomic mass is 35.5. The summed E-state index contributed by atoms with van der Waals surface area (Å²) >= 11 is 6.24. The fraction of sp³-hybridized carbons (Fsp3) is 0.0400. The molecule has 1 aromatic heterocycles. The number of rotatable bonds is 2. The molecule has 5 rings (SSSR count). The molecule has 1 aliphatic heterocycles. The van der Waals surface area contributed by atoms with E-state index < -0.39 is 0 Å². The molecule has 2 heterocycles. The summed E-state index contributed by atoms with van der Waals surface area (Å²) in [6.45, 7) is 0. The number of amides is 1. The molecular weight excluding hydrogens is 380 g/mol. The zero-order valence-corrected chi connectivity index (χ0v) is 16.3. The van der Waals surface area contributed by atoms with Gasteiger partial charge < -0.3 is 5.32 Å². The van der Waals surface area contributed by atoms with Crippen molar-refractivity contribution < 1.29 is 4.79 Å². The lowest BCUT2D eigenvalue weighted by Crippen LogP contribution is -2.13. The Kier molecular flexibility index (Phi) is 4.38. The highest BCUT2D eigenvalue weighted by molar-refractivity contribution is 6.30. The molecule has 0 unspecified atom stereocenters. The topological polar surface area (TPSA) is 42.0 Å². The smallest absolute Gasteiger partial charge is 0.228 e. The van der Waals surface area contributed by atoms with Crippen LogP contribution in [0.5, 0.6) is 0 Å². The van der Waals surface area contributed by atoms with E-state index >= 15 is 0 Å². The number of para-hydroxylation sites is 1. The van der Waals surface area contributed by atoms with Gasteiger partial charge in [-0.25, -0.2) is 4.98 Å². The van der Waals surface area contributed by atoms with Crippen LogP contribution in [0.15, 0.2) is 84.9 Å². The number of benzene rings is 3. The molecule has 0 spiro atoms. The number of carbonyl (C=O) groups is 1. The van der Waals surface area contributed by atoms with Gasteiger partial charge in [0.15, 0.2) is 0 Å². The third kappa shape index (κ3) is 3.30. The summed E-state index contributed by atoms with van der Waals surface area (Å²) in [5.74, 6) is -0.0364. The Morgan fingerprint density at radius 1 is 0.793 bits per heavy atom. The van der Waals surface area contributed by atoms with Gasteiger partial charge in [-0.05, 0) is 41.0 Å². The second-order valence-corrected chi connectivity index (χ2v) is 7.47. The van der Waals surface area contributed by atoms with Gasteiger partial charge in [0, 0.05) is 16.1 Å². The van der Waals surface area contributed by atoms with Crippen molar-refractivity contribution in [1.82, 2.24) is 4.98 Å². The van der Waals surface area contributed by atoms with Crippen LogP contribution in [0.25, 0.3) is 33.6 Å². The summed E-state index contributed by atoms with van der Waals surface area (Å²) in [6.07, 6.45) is 0.275. The first kappa shape index (κ1) is 17.7. The molecule has 3 aromatic carbocycles. The molecule has 0 bridgehead atoms. The molecule has 1 amide bonds. The van der Waals surface area contributed by atoms with E-state index in [1.54, 1.807) is 0 Å². The number of hydrogen-bond acceptors (Lipinski definition) is 2. The molecule has 0 radical (unpaired) electrons. The number of pyridine rings is 1. The van der Waals surface area contributed by atoms with Crippen molar-refractivity contribution in [3.05, 3.63) is 95.5 Å². The maximum absolute atomic E-state index is 12.6. The van der Waals surface area contributed by atoms with E-state index in [0.29, 0.717) is 5.02 Å². The van der Waals surface area contributed by atoms with Gasteiger partial charge in [0.2, 0.25) is 5.91 Å². The molecule has 1 aliphatic rings. The number of nitrogens with one attached hydrogen (secondary N) is 1. The van der Waals surface area contributed by atoms with Gasteiger partial charge in [0.25, 0.3) is 0 Å². The standard InChI is InChI=1S/C25H17ClN2O/c26-18-10-6-9-17(13-18)23-14-20(16-7-2-1-3-8-16)21-15-24(29)27-22-12-5-4-11-19(22)25(21)28-23/h1-14H,15H2,(H,27,29). The molecular formula is C25H17ClN2O. The van der Waals surface area contributed by atoms with Gasteiger partial charge in [0.05, 0.1) is 23.5 Å². The van der Waals surface area contributed by atoms with Crippen LogP contribution >= 0.6 is 11.6 Å². The van der Waals surface area contributed by atoms with Crippen molar-refractivity contribution >= 4 is 23.2 Å². The minimum Gasteiger partial charge on any atom is -0.325 e. The van der Waals surface area contributed by atoms with Gasteiger partial charge >= 0.3 is 0 Å². The Labute approximate surface area is 174 Å². The van der Waals surface area contributed by atoms with Crippen LogP contribution in [-0.2, 0) is 11.2 Å². The maximum atomic E-state index is 12.6. The first-order valence-electron chi connectivity index (χ1n) is 9.43. The largest absolute Gasteiger partial charge is 0.325 e. The van der Waals surface area contributed by atoms with Crippen LogP contribution in [0.3, 0.4) is 0 Å². The van der Waals surface area contributed by atoms with E-state index in [0.717, 1.165) is 44.9 Å². The van der Waals surface area contributed by atoms with Crippen LogP contribution in [0, 0.1) is 0 Å². The van der Waals surface area contributed by atoms with Crippen LogP contribution in [0.4, 0.5) is 5.69 Å². The number of aromatic nitrogens is 1. The fourth-order valence-corrected chi connectivity index (χ4v) is 3.99. The van der Waals surface area contributed by atoms with E-state index in [1.165, 1.54) is 0 Å². The van der Waals surface area contributed by atoms with Gasteiger partial charge in [-0.1, -0.05) is 72.3 Å². The van der Waals surface area contributed by atoms with Crippen LogP contribution in [0.1, 0.15) is 5.56 Å². The van der Waals surface area contributed by atoms with E-state index in [9.17, 15) is 4.79 Å². The molecule has 0 fully saturated rings. The van der Waals surface area contributed by atoms with Crippen LogP contribution in [0.2, 0.25) is 5.02 Å². The number of halogens is 1. The average molecular weight is 397 g/mol. The van der Waals surface area contributed by atoms with Crippen LogP contribution < -0.4 is 5.32 Å². The van der Waals surface area contributed by atoms with E-state index in [4.69, 9.17) is 16.6 Å². The SMILES string of the molecule is O=C1Cc2c(-c3ccccc3)cc(-c3cccc(Cl)c3)nc2-c2ccccc2N1. The number of nitrogens with zero attached hydrogens (tertiary/aromatic N) is 1. The molecule has 3 nitrogen and oxygen atoms in total. The summed E-state index contributed by atoms with van der Waals surface area (Å²) in [7, 11) is 0. The minimum atomic E-state index is -0.0364. The number of carbonyl (C=O) groups excluding carboxylic acids is 1. The molecule has 0 saturated carbocycles. The molecule has 4 aromatic rings. The van der Waals surface area contributed by atoms with Crippen molar-refractivity contribution in [1.29, 1.82) is 0 Å². The van der Waals surface area contributed by atoms with Crippen molar-refractivity contribution in [2.75, 3.05) is 5.32 Å². The monoisotopic (exact) mass is 396 g/mol. The number of anilines is 1. The Morgan fingerprint density at radius 2 is 1.55 bits per heavy atom. The molecule has 140 valence electrons. The second kappa shape index (κ2) is 7.19. The Hall–Kier alpha value is -3.43. The van der Waals surface area contributed by atoms with E-state index in [1.807, 2.05) is 66.7 Å². The lowest BCUT2D eigenvalue weighted by molar-refractivity contribution is -0.115. The molecule has 0 atom stereocenters. The highest BCUT2D eigenvalue weighted by Crippen LogP contribution is 2.39. The summed E-state index contributed by atoms with van der Waals surface area (Å²) in [4.78, 5) is 17.6. The lowest BCUT2D eigenvalue weighted by Gasteiger charge is -2.15. The summed E-state index contributed by atoms with van der Waals surface area (Å²) < 4.78 is 0. The Balaban J connectivity index is 1.85. The predicted octanol–water partition coefficient (Wildman–Crippen LogP) is 6.23. The summed E-state index contributed by atoms with van der Waals surface area (Å²) in [6, 6.07) is 27.7. The quantitative estimate of drug-likeness (QED) is 0.436. The third-order valence-corrected chi connectivity index (χ3v) is 5.36. The average Bonchev–Trinajstić information content (AvgIpc) is 2.89. The number of fused-ring (bicyclic) bond motifs is 3. The van der Waals surface area contributed by atoms with Gasteiger partial charge in [-0.2, -0.15) is 0 Å². The molecule has 0 saturated heterocycles. The maximum Gasteiger partial charge on any atom is 0.228 e. The Bertz CT molecular complexity index is 1230. The highest BCUT2D eigenvalue weighted by Gasteiger charge is 2.24. The normalized spacial score (nSPS) is 12.5. The molecule has 29 heavy (non-hydrogen) atoms. The Morgan fingerprint density at radius 3 is 2.38 bits per heavy atom. The summed E-state index contributed by atoms with van der Waals surface area (Å²) in [5, 5.41) is 3.68. The van der Waals surface area contributed by atoms with Gasteiger partial charge in [-0.3, -0.25) is 4.79 Å². The third-order valence-electron chi connectivity index (χ3n) is 5.12. The van der Waals surface area contributed by atoms with Crippen molar-refractivity contribution in [2.24, 2.45) is 0 Å². The first-order chi connectivity index (χ1) is 14.2. The zero-order valence-electron chi connectivity index (χ0n) is 15.5. The molecule has 1 N–H and O–H groups in total. The van der Waals surface area contributed by atoms with Gasteiger partial charge in [0.1, 0.15) is 0 Å². The fourth-order valence-electron chi connectivity index (χ4n) is 3.80. The van der Waals surface area contributed by atoms with Crippen LogP contribution in [-0.4, -0.2) is 10.9 Å². The molecule has 0 aliphatic carbocycles. The van der Waals surface area contributed by atoms with E-state index in [2.05, 4.69) is 23.5 Å². The lowest BCUT2D eigenvalue weighted by atomic mass is 9.92. The van der Waals surface area contributed by atoms with E-state index in [-0.39, 0.29) is 12.3 Å². The number of hydrogen-bond donors (Lipinski definition) is 1. The summed E-state index contributed by atoms with van der Waals surface area (Å²) in [5.41, 5.74) is 7.31. The molecule has 4 heteroatoms. The minimum absolute atomic E-state index is 0.0364. The van der Waals surface area contributed by atoms with Crippen molar-refractivity contribution in [3.63, 3.8) is 0 Å².